The fourth-order valence-corrected chi connectivity index (χ4v) is 2.27. The van der Waals surface area contributed by atoms with E-state index >= 15 is 0 Å². The van der Waals surface area contributed by atoms with E-state index in [0.29, 0.717) is 30.4 Å². The third kappa shape index (κ3) is 2.77. The molecule has 0 aromatic carbocycles. The van der Waals surface area contributed by atoms with Gasteiger partial charge in [0.15, 0.2) is 0 Å². The molecule has 0 aliphatic carbocycles. The van der Waals surface area contributed by atoms with Gasteiger partial charge in [-0.15, -0.1) is 5.10 Å². The number of nitrogens with one attached hydrogen (secondary N) is 1. The zero-order valence-corrected chi connectivity index (χ0v) is 10.9. The third-order valence-electron chi connectivity index (χ3n) is 3.60. The van der Waals surface area contributed by atoms with E-state index in [-0.39, 0.29) is 0 Å². The van der Waals surface area contributed by atoms with Gasteiger partial charge >= 0.3 is 6.01 Å². The van der Waals surface area contributed by atoms with Crippen LogP contribution in [-0.2, 0) is 6.54 Å². The summed E-state index contributed by atoms with van der Waals surface area (Å²) in [6.45, 7) is 9.17. The van der Waals surface area contributed by atoms with E-state index in [0.717, 1.165) is 13.1 Å². The first-order valence-corrected chi connectivity index (χ1v) is 6.52. The van der Waals surface area contributed by atoms with Crippen LogP contribution in [0.2, 0.25) is 0 Å². The van der Waals surface area contributed by atoms with Gasteiger partial charge in [-0.2, -0.15) is 0 Å². The third-order valence-corrected chi connectivity index (χ3v) is 3.60. The Labute approximate surface area is 103 Å². The highest BCUT2D eigenvalue weighted by atomic mass is 16.4. The van der Waals surface area contributed by atoms with Crippen molar-refractivity contribution in [1.82, 2.24) is 15.5 Å². The van der Waals surface area contributed by atoms with Crippen molar-refractivity contribution in [3.05, 3.63) is 5.89 Å². The summed E-state index contributed by atoms with van der Waals surface area (Å²) >= 11 is 0. The predicted molar refractivity (Wildman–Crippen MR) is 66.9 cm³/mol. The normalized spacial score (nSPS) is 25.2. The summed E-state index contributed by atoms with van der Waals surface area (Å²) < 4.78 is 5.69. The first-order valence-electron chi connectivity index (χ1n) is 6.52. The van der Waals surface area contributed by atoms with Gasteiger partial charge < -0.3 is 14.6 Å². The number of hydrogen-bond acceptors (Lipinski definition) is 5. The summed E-state index contributed by atoms with van der Waals surface area (Å²) in [7, 11) is 0. The molecule has 1 aliphatic heterocycles. The molecular formula is C12H22N4O. The van der Waals surface area contributed by atoms with Gasteiger partial charge in [-0.05, 0) is 32.2 Å². The van der Waals surface area contributed by atoms with E-state index in [1.807, 2.05) is 0 Å². The van der Waals surface area contributed by atoms with Crippen LogP contribution in [0.1, 0.15) is 39.5 Å². The molecule has 1 N–H and O–H groups in total. The lowest BCUT2D eigenvalue weighted by Crippen LogP contribution is -2.42. The van der Waals surface area contributed by atoms with Gasteiger partial charge in [-0.25, -0.2) is 0 Å². The molecule has 1 aliphatic rings. The Morgan fingerprint density at radius 2 is 2.24 bits per heavy atom. The lowest BCUT2D eigenvalue weighted by atomic mass is 9.92. The molecule has 2 heterocycles. The second-order valence-electron chi connectivity index (χ2n) is 4.81. The first-order chi connectivity index (χ1) is 8.22. The van der Waals surface area contributed by atoms with Crippen molar-refractivity contribution in [3.63, 3.8) is 0 Å². The van der Waals surface area contributed by atoms with Crippen molar-refractivity contribution in [2.24, 2.45) is 5.92 Å². The molecule has 0 amide bonds. The maximum absolute atomic E-state index is 5.69. The maximum atomic E-state index is 5.69. The standard InChI is InChI=1S/C12H22N4O/c1-4-13-8-11-14-15-12(17-11)16-7-5-6-9(2)10(16)3/h9-10,13H,4-8H2,1-3H3. The lowest BCUT2D eigenvalue weighted by Gasteiger charge is -2.36. The molecule has 1 aromatic heterocycles. The van der Waals surface area contributed by atoms with Crippen LogP contribution in [0.3, 0.4) is 0 Å². The smallest absolute Gasteiger partial charge is 0.318 e. The van der Waals surface area contributed by atoms with Crippen LogP contribution in [0.25, 0.3) is 0 Å². The predicted octanol–water partition coefficient (Wildman–Crippen LogP) is 1.80. The van der Waals surface area contributed by atoms with Crippen molar-refractivity contribution in [2.75, 3.05) is 18.0 Å². The number of anilines is 1. The zero-order chi connectivity index (χ0) is 12.3. The van der Waals surface area contributed by atoms with Crippen LogP contribution in [0.4, 0.5) is 6.01 Å². The van der Waals surface area contributed by atoms with Crippen molar-refractivity contribution in [2.45, 2.75) is 46.2 Å². The molecule has 0 bridgehead atoms. The Balaban J connectivity index is 2.03. The van der Waals surface area contributed by atoms with E-state index in [1.165, 1.54) is 12.8 Å². The zero-order valence-electron chi connectivity index (χ0n) is 10.9. The lowest BCUT2D eigenvalue weighted by molar-refractivity contribution is 0.338. The minimum absolute atomic E-state index is 0.483. The maximum Gasteiger partial charge on any atom is 0.318 e. The molecule has 17 heavy (non-hydrogen) atoms. The largest absolute Gasteiger partial charge is 0.407 e. The molecular weight excluding hydrogens is 216 g/mol. The van der Waals surface area contributed by atoms with Crippen molar-refractivity contribution in [1.29, 1.82) is 0 Å². The number of hydrogen-bond donors (Lipinski definition) is 1. The number of rotatable bonds is 4. The molecule has 2 rings (SSSR count). The van der Waals surface area contributed by atoms with E-state index < -0.39 is 0 Å². The summed E-state index contributed by atoms with van der Waals surface area (Å²) in [5.41, 5.74) is 0. The van der Waals surface area contributed by atoms with Crippen LogP contribution < -0.4 is 10.2 Å². The molecule has 5 heteroatoms. The van der Waals surface area contributed by atoms with Crippen LogP contribution in [0.15, 0.2) is 4.42 Å². The Kier molecular flexibility index (Phi) is 3.99. The van der Waals surface area contributed by atoms with Gasteiger partial charge in [-0.3, -0.25) is 0 Å². The fourth-order valence-electron chi connectivity index (χ4n) is 2.27. The van der Waals surface area contributed by atoms with Gasteiger partial charge in [0.05, 0.1) is 6.54 Å². The van der Waals surface area contributed by atoms with Gasteiger partial charge in [-0.1, -0.05) is 18.9 Å². The molecule has 5 nitrogen and oxygen atoms in total. The summed E-state index contributed by atoms with van der Waals surface area (Å²) in [5.74, 6) is 1.36. The molecule has 96 valence electrons. The van der Waals surface area contributed by atoms with E-state index in [2.05, 4.69) is 41.2 Å². The second-order valence-corrected chi connectivity index (χ2v) is 4.81. The van der Waals surface area contributed by atoms with Gasteiger partial charge in [0, 0.05) is 12.6 Å². The quantitative estimate of drug-likeness (QED) is 0.867. The Hall–Kier alpha value is -1.10. The minimum Gasteiger partial charge on any atom is -0.407 e. The van der Waals surface area contributed by atoms with E-state index in [9.17, 15) is 0 Å². The van der Waals surface area contributed by atoms with Crippen molar-refractivity contribution in [3.8, 4) is 0 Å². The summed E-state index contributed by atoms with van der Waals surface area (Å²) in [5, 5.41) is 11.4. The Morgan fingerprint density at radius 1 is 1.41 bits per heavy atom. The number of nitrogens with zero attached hydrogens (tertiary/aromatic N) is 3. The summed E-state index contributed by atoms with van der Waals surface area (Å²) in [6.07, 6.45) is 2.49. The molecule has 2 atom stereocenters. The topological polar surface area (TPSA) is 54.2 Å². The minimum atomic E-state index is 0.483. The molecule has 1 saturated heterocycles. The molecule has 1 fully saturated rings. The molecule has 1 aromatic rings. The van der Waals surface area contributed by atoms with E-state index in [1.54, 1.807) is 0 Å². The highest BCUT2D eigenvalue weighted by Crippen LogP contribution is 2.27. The van der Waals surface area contributed by atoms with E-state index in [4.69, 9.17) is 4.42 Å². The monoisotopic (exact) mass is 238 g/mol. The van der Waals surface area contributed by atoms with Crippen LogP contribution in [-0.4, -0.2) is 29.3 Å². The van der Waals surface area contributed by atoms with Crippen LogP contribution >= 0.6 is 0 Å². The highest BCUT2D eigenvalue weighted by Gasteiger charge is 2.28. The van der Waals surface area contributed by atoms with Crippen molar-refractivity contribution < 1.29 is 4.42 Å². The molecule has 2 unspecified atom stereocenters. The number of aromatic nitrogens is 2. The number of piperidine rings is 1. The Bertz CT molecular complexity index is 352. The summed E-state index contributed by atoms with van der Waals surface area (Å²) in [6, 6.07) is 1.16. The van der Waals surface area contributed by atoms with Crippen LogP contribution in [0.5, 0.6) is 0 Å². The second kappa shape index (κ2) is 5.49. The van der Waals surface area contributed by atoms with Gasteiger partial charge in [0.2, 0.25) is 5.89 Å². The van der Waals surface area contributed by atoms with Gasteiger partial charge in [0.1, 0.15) is 0 Å². The average molecular weight is 238 g/mol. The van der Waals surface area contributed by atoms with Crippen molar-refractivity contribution >= 4 is 6.01 Å². The van der Waals surface area contributed by atoms with Crippen LogP contribution in [0, 0.1) is 5.92 Å². The molecule has 0 spiro atoms. The average Bonchev–Trinajstić information content (AvgIpc) is 2.78. The summed E-state index contributed by atoms with van der Waals surface area (Å²) in [4.78, 5) is 2.23. The first kappa shape index (κ1) is 12.4. The molecule has 0 saturated carbocycles. The molecule has 0 radical (unpaired) electrons. The Morgan fingerprint density at radius 3 is 3.00 bits per heavy atom. The fraction of sp³-hybridized carbons (Fsp3) is 0.833. The van der Waals surface area contributed by atoms with Gasteiger partial charge in [0.25, 0.3) is 0 Å². The SMILES string of the molecule is CCNCc1nnc(N2CCCC(C)C2C)o1. The highest BCUT2D eigenvalue weighted by molar-refractivity contribution is 5.27.